The van der Waals surface area contributed by atoms with Crippen molar-refractivity contribution in [3.8, 4) is 0 Å². The average molecular weight is 357 g/mol. The third-order valence-corrected chi connectivity index (χ3v) is 4.55. The summed E-state index contributed by atoms with van der Waals surface area (Å²) in [7, 11) is 0. The van der Waals surface area contributed by atoms with Gasteiger partial charge in [0.2, 0.25) is 5.28 Å². The minimum atomic E-state index is -1.75. The van der Waals surface area contributed by atoms with Crippen molar-refractivity contribution in [3.63, 3.8) is 0 Å². The molecule has 129 valence electrons. The second kappa shape index (κ2) is 6.07. The zero-order valence-corrected chi connectivity index (χ0v) is 13.4. The highest BCUT2D eigenvalue weighted by Gasteiger charge is 2.45. The fourth-order valence-electron chi connectivity index (χ4n) is 2.83. The number of rotatable bonds is 5. The highest BCUT2D eigenvalue weighted by atomic mass is 35.5. The second-order valence-corrected chi connectivity index (χ2v) is 6.49. The number of nitrogens with one attached hydrogen (secondary N) is 1. The van der Waals surface area contributed by atoms with Crippen LogP contribution in [0.4, 0.5) is 10.2 Å². The zero-order valence-electron chi connectivity index (χ0n) is 12.6. The fraction of sp³-hybridized carbons (Fsp3) is 0.643. The summed E-state index contributed by atoms with van der Waals surface area (Å²) in [6.45, 7) is 0.0343. The summed E-state index contributed by atoms with van der Waals surface area (Å²) >= 11 is 5.97. The van der Waals surface area contributed by atoms with E-state index >= 15 is 0 Å². The number of nitrogens with zero attached hydrogens (tertiary/aromatic N) is 4. The van der Waals surface area contributed by atoms with Crippen LogP contribution in [0.25, 0.3) is 11.2 Å². The zero-order chi connectivity index (χ0) is 16.8. The van der Waals surface area contributed by atoms with Gasteiger partial charge in [-0.3, -0.25) is 4.57 Å². The van der Waals surface area contributed by atoms with Crippen molar-refractivity contribution < 1.29 is 19.3 Å². The van der Waals surface area contributed by atoms with E-state index < -0.39 is 31.2 Å². The number of aromatic nitrogens is 4. The number of aliphatic hydroxyl groups excluding tert-OH is 1. The van der Waals surface area contributed by atoms with Gasteiger partial charge in [0, 0.05) is 6.54 Å². The molecule has 2 fully saturated rings. The Kier molecular flexibility index (Phi) is 4.03. The van der Waals surface area contributed by atoms with E-state index in [1.807, 2.05) is 0 Å². The molecule has 4 rings (SSSR count). The highest BCUT2D eigenvalue weighted by molar-refractivity contribution is 6.28. The van der Waals surface area contributed by atoms with Gasteiger partial charge in [0.25, 0.3) is 0 Å². The Balaban J connectivity index is 1.69. The van der Waals surface area contributed by atoms with E-state index in [0.29, 0.717) is 22.9 Å². The Labute approximate surface area is 141 Å². The first-order valence-electron chi connectivity index (χ1n) is 7.78. The van der Waals surface area contributed by atoms with Crippen LogP contribution in [0.3, 0.4) is 0 Å². The first-order chi connectivity index (χ1) is 11.6. The molecule has 24 heavy (non-hydrogen) atoms. The molecular formula is C14H16ClFN5O3. The van der Waals surface area contributed by atoms with Crippen LogP contribution in [-0.4, -0.2) is 56.2 Å². The lowest BCUT2D eigenvalue weighted by Crippen LogP contribution is -2.30. The lowest BCUT2D eigenvalue weighted by Gasteiger charge is -2.15. The molecule has 2 aromatic heterocycles. The van der Waals surface area contributed by atoms with Crippen LogP contribution in [0, 0.1) is 5.92 Å². The van der Waals surface area contributed by atoms with Gasteiger partial charge >= 0.3 is 0 Å². The third-order valence-electron chi connectivity index (χ3n) is 4.38. The van der Waals surface area contributed by atoms with Crippen LogP contribution in [-0.2, 0) is 9.84 Å². The summed E-state index contributed by atoms with van der Waals surface area (Å²) in [5.74, 6) is 1.10. The van der Waals surface area contributed by atoms with Gasteiger partial charge in [-0.05, 0) is 30.4 Å². The van der Waals surface area contributed by atoms with Crippen molar-refractivity contribution in [2.45, 2.75) is 37.4 Å². The van der Waals surface area contributed by atoms with Crippen molar-refractivity contribution in [3.05, 3.63) is 11.6 Å². The smallest absolute Gasteiger partial charge is 0.226 e. The number of fused-ring (bicyclic) bond motifs is 1. The van der Waals surface area contributed by atoms with Crippen molar-refractivity contribution >= 4 is 28.6 Å². The molecule has 0 aromatic carbocycles. The number of hydrogen-bond donors (Lipinski definition) is 2. The van der Waals surface area contributed by atoms with Crippen LogP contribution >= 0.6 is 11.6 Å². The van der Waals surface area contributed by atoms with Crippen LogP contribution in [0.15, 0.2) is 6.33 Å². The van der Waals surface area contributed by atoms with Crippen molar-refractivity contribution in [1.82, 2.24) is 19.5 Å². The van der Waals surface area contributed by atoms with Crippen LogP contribution < -0.4 is 5.32 Å². The Morgan fingerprint density at radius 3 is 2.92 bits per heavy atom. The molecule has 1 aliphatic carbocycles. The Morgan fingerprint density at radius 1 is 1.46 bits per heavy atom. The quantitative estimate of drug-likeness (QED) is 0.783. The Bertz CT molecular complexity index is 755. The van der Waals surface area contributed by atoms with Gasteiger partial charge in [0.1, 0.15) is 18.8 Å². The maximum absolute atomic E-state index is 14.3. The summed E-state index contributed by atoms with van der Waals surface area (Å²) in [4.78, 5) is 12.5. The lowest BCUT2D eigenvalue weighted by molar-refractivity contribution is -0.0593. The Morgan fingerprint density at radius 2 is 2.25 bits per heavy atom. The first-order valence-corrected chi connectivity index (χ1v) is 8.16. The molecule has 10 heteroatoms. The number of ether oxygens (including phenoxy) is 1. The second-order valence-electron chi connectivity index (χ2n) is 6.16. The Hall–Kier alpha value is -1.55. The van der Waals surface area contributed by atoms with E-state index in [0.717, 1.165) is 6.54 Å². The summed E-state index contributed by atoms with van der Waals surface area (Å²) in [5, 5.41) is 23.9. The van der Waals surface area contributed by atoms with Gasteiger partial charge in [-0.1, -0.05) is 0 Å². The minimum Gasteiger partial charge on any atom is -0.387 e. The summed E-state index contributed by atoms with van der Waals surface area (Å²) in [5.41, 5.74) is 0.732. The molecule has 2 aliphatic rings. The van der Waals surface area contributed by atoms with Crippen LogP contribution in [0.2, 0.25) is 5.28 Å². The molecule has 0 bridgehead atoms. The molecule has 0 spiro atoms. The van der Waals surface area contributed by atoms with E-state index in [4.69, 9.17) is 16.3 Å². The molecule has 1 radical (unpaired) electrons. The molecule has 0 amide bonds. The molecule has 0 unspecified atom stereocenters. The molecule has 1 saturated heterocycles. The number of aliphatic hydroxyl groups is 1. The molecule has 2 aromatic rings. The maximum atomic E-state index is 14.3. The van der Waals surface area contributed by atoms with E-state index in [9.17, 15) is 14.6 Å². The number of halogens is 2. The van der Waals surface area contributed by atoms with E-state index in [-0.39, 0.29) is 5.28 Å². The molecule has 3 heterocycles. The molecule has 1 aliphatic heterocycles. The molecule has 4 atom stereocenters. The lowest BCUT2D eigenvalue weighted by atomic mass is 10.1. The normalized spacial score (nSPS) is 30.2. The largest absolute Gasteiger partial charge is 0.387 e. The average Bonchev–Trinajstić information content (AvgIpc) is 3.24. The predicted octanol–water partition coefficient (Wildman–Crippen LogP) is 1.33. The molecule has 8 nitrogen and oxygen atoms in total. The van der Waals surface area contributed by atoms with Gasteiger partial charge in [-0.15, -0.1) is 0 Å². The van der Waals surface area contributed by atoms with Crippen LogP contribution in [0.1, 0.15) is 19.1 Å². The summed E-state index contributed by atoms with van der Waals surface area (Å²) in [6.07, 6.45) is -1.80. The van der Waals surface area contributed by atoms with Gasteiger partial charge in [0.05, 0.1) is 6.33 Å². The van der Waals surface area contributed by atoms with E-state index in [2.05, 4.69) is 20.3 Å². The number of imidazole rings is 1. The van der Waals surface area contributed by atoms with Crippen molar-refractivity contribution in [1.29, 1.82) is 0 Å². The number of anilines is 1. The number of alkyl halides is 1. The highest BCUT2D eigenvalue weighted by Crippen LogP contribution is 2.35. The van der Waals surface area contributed by atoms with Crippen molar-refractivity contribution in [2.75, 3.05) is 18.5 Å². The number of hydrogen-bond acceptors (Lipinski definition) is 6. The van der Waals surface area contributed by atoms with Gasteiger partial charge in [-0.2, -0.15) is 9.97 Å². The monoisotopic (exact) mass is 356 g/mol. The van der Waals surface area contributed by atoms with E-state index in [1.165, 1.54) is 23.7 Å². The van der Waals surface area contributed by atoms with Crippen molar-refractivity contribution in [2.24, 2.45) is 5.92 Å². The minimum absolute atomic E-state index is 0.00289. The molecule has 2 N–H and O–H groups in total. The summed E-state index contributed by atoms with van der Waals surface area (Å²) in [6, 6.07) is 0. The summed E-state index contributed by atoms with van der Waals surface area (Å²) < 4.78 is 21.0. The van der Waals surface area contributed by atoms with Crippen LogP contribution in [0.5, 0.6) is 0 Å². The standard InChI is InChI=1S/C14H16ClFN5O3/c15-14-19-11(17-3-6-1-2-6)9-12(20-14)21(5-18-9)13-8(16)10(23)7(4-22)24-13/h5-8,10,13,23H,1-4H2,(H,17,19,20)/t7-,8+,10-,13-/m1/s1. The molecule has 1 saturated carbocycles. The molecular weight excluding hydrogens is 341 g/mol. The third kappa shape index (κ3) is 2.71. The van der Waals surface area contributed by atoms with Gasteiger partial charge in [0.15, 0.2) is 29.4 Å². The maximum Gasteiger partial charge on any atom is 0.226 e. The predicted molar refractivity (Wildman–Crippen MR) is 81.9 cm³/mol. The topological polar surface area (TPSA) is 105 Å². The SMILES string of the molecule is [O]C[C@H]1O[C@@H](n2cnc3c(NCC4CC4)nc(Cl)nc32)[C@@H](F)[C@@H]1O. The fourth-order valence-corrected chi connectivity index (χ4v) is 2.99. The first kappa shape index (κ1) is 15.9. The van der Waals surface area contributed by atoms with E-state index in [1.54, 1.807) is 0 Å². The van der Waals surface area contributed by atoms with Gasteiger partial charge in [-0.25, -0.2) is 14.5 Å². The van der Waals surface area contributed by atoms with Gasteiger partial charge < -0.3 is 15.2 Å².